The second-order valence-corrected chi connectivity index (χ2v) is 34.0. The molecule has 46 heteroatoms. The van der Waals surface area contributed by atoms with Gasteiger partial charge < -0.3 is 69.8 Å². The van der Waals surface area contributed by atoms with Crippen molar-refractivity contribution in [1.82, 2.24) is 25.8 Å². The average molecular weight is 1910 g/mol. The molecule has 0 unspecified atom stereocenters. The van der Waals surface area contributed by atoms with E-state index in [9.17, 15) is 43.7 Å². The van der Waals surface area contributed by atoms with Crippen molar-refractivity contribution in [3.63, 3.8) is 0 Å². The van der Waals surface area contributed by atoms with E-state index in [1.54, 1.807) is 28.0 Å². The zero-order valence-electron chi connectivity index (χ0n) is 68.8. The number of halogens is 4. The number of rotatable bonds is 2. The van der Waals surface area contributed by atoms with Crippen LogP contribution in [0.15, 0.2) is 97.1 Å². The summed E-state index contributed by atoms with van der Waals surface area (Å²) in [5, 5.41) is 34.2. The van der Waals surface area contributed by atoms with Gasteiger partial charge in [-0.3, -0.25) is 10.1 Å². The minimum atomic E-state index is -1.50. The first kappa shape index (κ1) is 111. The molecule has 5 aromatic rings. The molecule has 5 aromatic carbocycles. The molecule has 627 valence electrons. The zero-order valence-corrected chi connectivity index (χ0v) is 74.8. The molecule has 15 rings (SSSR count). The Kier molecular flexibility index (Phi) is 46.7. The van der Waals surface area contributed by atoms with Gasteiger partial charge in [-0.1, -0.05) is 49.9 Å². The highest BCUT2D eigenvalue weighted by atomic mass is 127. The smallest absolute Gasteiger partial charge is 0.410 e. The number of nitrogens with two attached hydrogens (primary N) is 1. The van der Waals surface area contributed by atoms with E-state index in [1.807, 2.05) is 96.1 Å². The number of ether oxygens (including phenoxy) is 7. The number of nitro groups is 1. The molecule has 5 fully saturated rings. The van der Waals surface area contributed by atoms with Crippen molar-refractivity contribution < 1.29 is 81.9 Å². The molecule has 2 amide bonds. The van der Waals surface area contributed by atoms with Crippen molar-refractivity contribution in [1.29, 1.82) is 0 Å². The van der Waals surface area contributed by atoms with E-state index in [-0.39, 0.29) is 93.6 Å². The number of hydrogen-bond acceptors (Lipinski definition) is 22. The maximum atomic E-state index is 12.4. The van der Waals surface area contributed by atoms with Crippen LogP contribution in [0.25, 0.3) is 0 Å². The fourth-order valence-electron chi connectivity index (χ4n) is 14.7. The normalized spacial score (nSPS) is 17.8. The highest BCUT2D eigenvalue weighted by Crippen LogP contribution is 2.42. The molecule has 27 nitrogen and oxygen atoms in total. The van der Waals surface area contributed by atoms with Crippen molar-refractivity contribution in [2.24, 2.45) is 0 Å². The summed E-state index contributed by atoms with van der Waals surface area (Å²) < 4.78 is 41.4. The summed E-state index contributed by atoms with van der Waals surface area (Å²) in [5.74, 6) is -1.31. The summed E-state index contributed by atoms with van der Waals surface area (Å²) in [6.45, 7) is 18.7. The summed E-state index contributed by atoms with van der Waals surface area (Å²) in [6.07, 6.45) is 9.80. The third-order valence-corrected chi connectivity index (χ3v) is 21.6. The number of nitro benzene ring substituents is 1. The lowest BCUT2D eigenvalue weighted by Crippen LogP contribution is -2.52. The van der Waals surface area contributed by atoms with Crippen LogP contribution >= 0.6 is 70.0 Å². The van der Waals surface area contributed by atoms with Crippen LogP contribution in [-0.4, -0.2) is 284 Å². The van der Waals surface area contributed by atoms with Crippen LogP contribution < -0.4 is 21.7 Å². The first-order chi connectivity index (χ1) is 55.6. The van der Waals surface area contributed by atoms with Gasteiger partial charge in [0.05, 0.1) is 32.7 Å². The highest BCUT2D eigenvalue weighted by molar-refractivity contribution is 14.1. The van der Waals surface area contributed by atoms with Crippen LogP contribution in [0.5, 0.6) is 0 Å². The van der Waals surface area contributed by atoms with Gasteiger partial charge in [0.25, 0.3) is 10.8 Å². The second kappa shape index (κ2) is 51.2. The molecule has 0 atom stereocenters. The number of hydrogen-bond donors (Lipinski definition) is 5. The standard InChI is InChI=1S/C18H22INO4.C18H24N2O4.C13H14INO2.C13H14N2O4.C13H15NO2.CH4.B5.B4.B3.B2.B.2ClH.HNO3/c2*1-17(2,3)24-16(22)20-8-6-18(7-9-20)11-12-4-5-13(19)10-14(12)15(21)23-18;14-10-2-1-9-8-13(3-5-15-6-4-13)17-12(16)11(9)7-10;16-12-11-7-10(15(17)18)2-1-9(11)8-13(19-12)3-5-14-6-4-13;15-12-11-4-2-1-3-10(11)9-13(16-12)5-7-14-8-6-13;;1-4-5(2)3;1-4(2)3;1-3-2;1-2;;;;2-1(3)4/h4-5,10H,6-9,11H2,1-3H3;4-5,10H,6-9,11,19H2,1-3H3;1-2,7,15H,3-6,8H2;1-2,7,14H,3-6,8H2;1-4,14H,5-9H2;1H4;;;;;;2*1H;(H,2,3,4). The van der Waals surface area contributed by atoms with Gasteiger partial charge in [-0.05, 0) is 196 Å². The average Bonchev–Trinajstić information content (AvgIpc) is 0.778. The molecule has 5 spiro atoms. The first-order valence-corrected chi connectivity index (χ1v) is 40.5. The highest BCUT2D eigenvalue weighted by Gasteiger charge is 2.48. The number of nitrogens with zero attached hydrogens (tertiary/aromatic N) is 4. The lowest BCUT2D eigenvalue weighted by atomic mass is 8.97. The van der Waals surface area contributed by atoms with Crippen LogP contribution in [-0.2, 0) is 65.3 Å². The topological polar surface area (TPSA) is 359 Å². The molecule has 0 saturated carbocycles. The molecule has 10 aliphatic heterocycles. The Morgan fingerprint density at radius 3 is 1.04 bits per heavy atom. The van der Waals surface area contributed by atoms with Crippen LogP contribution in [0.3, 0.4) is 0 Å². The maximum absolute atomic E-state index is 12.4. The molecule has 5 saturated heterocycles. The van der Waals surface area contributed by atoms with E-state index in [4.69, 9.17) is 77.4 Å². The number of fused-ring (bicyclic) bond motifs is 5. The molecule has 0 aromatic heterocycles. The molecule has 122 heavy (non-hydrogen) atoms. The van der Waals surface area contributed by atoms with Crippen molar-refractivity contribution in [3.05, 3.63) is 180 Å². The Labute approximate surface area is 773 Å². The minimum absolute atomic E-state index is 0. The Morgan fingerprint density at radius 2 is 0.746 bits per heavy atom. The quantitative estimate of drug-likeness (QED) is 0.0225. The Balaban J connectivity index is 0.000000490. The molecule has 10 aliphatic rings. The van der Waals surface area contributed by atoms with Crippen molar-refractivity contribution in [2.75, 3.05) is 71.2 Å². The summed E-state index contributed by atoms with van der Waals surface area (Å²) in [7, 11) is 47.8. The second-order valence-electron chi connectivity index (χ2n) is 31.5. The number of anilines is 1. The van der Waals surface area contributed by atoms with Gasteiger partial charge in [-0.25, -0.2) is 33.6 Å². The summed E-state index contributed by atoms with van der Waals surface area (Å²) in [5.41, 5.74) is 11.5. The largest absolute Gasteiger partial charge is 0.455 e. The van der Waals surface area contributed by atoms with Gasteiger partial charge in [-0.2, -0.15) is 0 Å². The SMILES string of the molecule is C.CC(C)(C)OC(=O)N1CCC2(CC1)Cc1ccc(I)cc1C(=O)O2.CC(C)(C)OC(=O)N1CCC2(CC1)Cc1ccc(N)cc1C(=O)O2.Cl.Cl.O=C1OC2(CCNCC2)Cc2ccc(I)cc21.O=C1OC2(CCNCC2)Cc2ccc([N+](=O)[O-])cc21.O=C1OC2(CCNCC2)Cc2ccccc21.O=[N+]([O-])O.[B].[B]B([B])[B].[B][B].[B][B]B([B])[B].[B][B][B]. The zero-order chi connectivity index (χ0) is 87.6. The number of carbonyl (C=O) groups excluding carboxylic acids is 7. The number of carbonyl (C=O) groups is 7. The molecule has 25 radical (unpaired) electrons. The van der Waals surface area contributed by atoms with Gasteiger partial charge in [0.1, 0.15) is 39.2 Å². The number of piperidine rings is 5. The van der Waals surface area contributed by atoms with Gasteiger partial charge >= 0.3 is 42.0 Å². The third kappa shape index (κ3) is 34.2. The predicted octanol–water partition coefficient (Wildman–Crippen LogP) is 7.02. The molecule has 0 bridgehead atoms. The van der Waals surface area contributed by atoms with E-state index in [0.29, 0.717) is 93.5 Å². The molecule has 6 N–H and O–H groups in total. The maximum Gasteiger partial charge on any atom is 0.410 e. The van der Waals surface area contributed by atoms with Crippen molar-refractivity contribution in [3.8, 4) is 0 Å². The number of nitrogens with one attached hydrogen (secondary N) is 3. The fraction of sp³-hybridized carbons (Fsp3) is 0.513. The van der Waals surface area contributed by atoms with E-state index in [1.165, 1.54) is 19.2 Å². The first-order valence-electron chi connectivity index (χ1n) is 38.4. The predicted molar refractivity (Wildman–Crippen MR) is 505 cm³/mol. The Hall–Kier alpha value is -6.72. The van der Waals surface area contributed by atoms with Crippen LogP contribution in [0.1, 0.15) is 193 Å². The van der Waals surface area contributed by atoms with E-state index >= 15 is 0 Å². The molecular formula is C76H96B15Cl2I2N8O19. The number of likely N-dealkylation sites (tertiary alicyclic amines) is 2. The van der Waals surface area contributed by atoms with Gasteiger partial charge in [0.15, 0.2) is 0 Å². The number of benzene rings is 5. The van der Waals surface area contributed by atoms with Gasteiger partial charge in [0, 0.05) is 260 Å². The molecule has 0 aliphatic carbocycles. The lowest BCUT2D eigenvalue weighted by Gasteiger charge is -2.43. The van der Waals surface area contributed by atoms with Crippen LogP contribution in [0, 0.1) is 27.4 Å². The van der Waals surface area contributed by atoms with Crippen LogP contribution in [0.4, 0.5) is 21.0 Å². The lowest BCUT2D eigenvalue weighted by molar-refractivity contribution is -0.742. The summed E-state index contributed by atoms with van der Waals surface area (Å²) >= 11 is 4.42. The summed E-state index contributed by atoms with van der Waals surface area (Å²) in [6, 6.07) is 29.5. The number of esters is 5. The van der Waals surface area contributed by atoms with E-state index < -0.39 is 56.8 Å². The minimum Gasteiger partial charge on any atom is -0.455 e. The molecule has 10 heterocycles. The Bertz CT molecular complexity index is 4170. The van der Waals surface area contributed by atoms with E-state index in [0.717, 1.165) is 144 Å². The van der Waals surface area contributed by atoms with Crippen LogP contribution in [0.2, 0.25) is 0 Å². The number of amides is 2. The number of nitrogen functional groups attached to an aromatic ring is 1. The number of non-ortho nitro benzene ring substituents is 1. The van der Waals surface area contributed by atoms with Gasteiger partial charge in [-0.15, -0.1) is 34.9 Å². The van der Waals surface area contributed by atoms with E-state index in [2.05, 4.69) is 127 Å². The summed E-state index contributed by atoms with van der Waals surface area (Å²) in [4.78, 5) is 107. The third-order valence-electron chi connectivity index (χ3n) is 20.2. The van der Waals surface area contributed by atoms with Gasteiger partial charge in [0.2, 0.25) is 0 Å². The molecular weight excluding hydrogens is 1820 g/mol. The van der Waals surface area contributed by atoms with Crippen molar-refractivity contribution in [2.45, 2.75) is 184 Å². The Morgan fingerprint density at radius 1 is 0.492 bits per heavy atom. The van der Waals surface area contributed by atoms with Crippen molar-refractivity contribution >= 4 is 236 Å². The monoisotopic (exact) mass is 1910 g/mol. The fourth-order valence-corrected chi connectivity index (χ4v) is 15.7.